The average Bonchev–Trinajstić information content (AvgIpc) is 2.82. The van der Waals surface area contributed by atoms with Crippen LogP contribution >= 0.6 is 0 Å². The number of anilines is 2. The number of carbonyl (C=O) groups is 2. The summed E-state index contributed by atoms with van der Waals surface area (Å²) >= 11 is 0. The van der Waals surface area contributed by atoms with Crippen molar-refractivity contribution < 1.29 is 9.59 Å². The topological polar surface area (TPSA) is 52.7 Å². The molecule has 0 aliphatic rings. The van der Waals surface area contributed by atoms with Crippen molar-refractivity contribution in [2.24, 2.45) is 0 Å². The summed E-state index contributed by atoms with van der Waals surface area (Å²) in [5.74, 6) is -1.18. The lowest BCUT2D eigenvalue weighted by molar-refractivity contribution is -0.144. The van der Waals surface area contributed by atoms with Gasteiger partial charge in [-0.25, -0.2) is 0 Å². The molecule has 1 N–H and O–H groups in total. The summed E-state index contributed by atoms with van der Waals surface area (Å²) in [7, 11) is 0. The Morgan fingerprint density at radius 1 is 0.781 bits per heavy atom. The first-order valence-corrected chi connectivity index (χ1v) is 11.1. The SMILES string of the molecule is CCN(CC)c1ccc(NC(=O)C(=O)N(Cc2ccccc2)Cc2ccccc2)c(C)c1. The summed E-state index contributed by atoms with van der Waals surface area (Å²) in [6, 6.07) is 25.3. The highest BCUT2D eigenvalue weighted by atomic mass is 16.2. The summed E-state index contributed by atoms with van der Waals surface area (Å²) in [5, 5.41) is 2.82. The molecule has 3 aromatic rings. The fourth-order valence-corrected chi connectivity index (χ4v) is 3.70. The van der Waals surface area contributed by atoms with E-state index in [1.165, 1.54) is 0 Å². The standard InChI is InChI=1S/C27H31N3O2/c1-4-29(5-2)24-16-17-25(21(3)18-24)28-26(31)27(32)30(19-22-12-8-6-9-13-22)20-23-14-10-7-11-15-23/h6-18H,4-5,19-20H2,1-3H3,(H,28,31). The van der Waals surface area contributed by atoms with Gasteiger partial charge in [0.05, 0.1) is 0 Å². The molecule has 0 aliphatic carbocycles. The minimum absolute atomic E-state index is 0.363. The van der Waals surface area contributed by atoms with Crippen LogP contribution in [0.3, 0.4) is 0 Å². The van der Waals surface area contributed by atoms with E-state index in [9.17, 15) is 9.59 Å². The number of carbonyl (C=O) groups excluding carboxylic acids is 2. The van der Waals surface area contributed by atoms with Gasteiger partial charge in [-0.1, -0.05) is 60.7 Å². The highest BCUT2D eigenvalue weighted by Crippen LogP contribution is 2.23. The number of aryl methyl sites for hydroxylation is 1. The van der Waals surface area contributed by atoms with Gasteiger partial charge in [0.25, 0.3) is 0 Å². The van der Waals surface area contributed by atoms with Crippen LogP contribution in [0.2, 0.25) is 0 Å². The molecule has 0 saturated heterocycles. The van der Waals surface area contributed by atoms with E-state index in [-0.39, 0.29) is 0 Å². The molecule has 0 spiro atoms. The molecule has 2 amide bonds. The van der Waals surface area contributed by atoms with Gasteiger partial charge in [-0.05, 0) is 55.7 Å². The molecule has 5 nitrogen and oxygen atoms in total. The van der Waals surface area contributed by atoms with E-state index < -0.39 is 11.8 Å². The Labute approximate surface area is 190 Å². The number of amides is 2. The van der Waals surface area contributed by atoms with Crippen molar-refractivity contribution >= 4 is 23.2 Å². The third-order valence-electron chi connectivity index (χ3n) is 5.50. The van der Waals surface area contributed by atoms with Crippen molar-refractivity contribution in [3.8, 4) is 0 Å². The van der Waals surface area contributed by atoms with Crippen molar-refractivity contribution in [1.29, 1.82) is 0 Å². The van der Waals surface area contributed by atoms with Crippen LogP contribution in [0.1, 0.15) is 30.5 Å². The number of benzene rings is 3. The normalized spacial score (nSPS) is 10.5. The molecule has 0 radical (unpaired) electrons. The summed E-state index contributed by atoms with van der Waals surface area (Å²) in [4.78, 5) is 29.9. The zero-order chi connectivity index (χ0) is 22.9. The van der Waals surface area contributed by atoms with Crippen LogP contribution in [0.4, 0.5) is 11.4 Å². The van der Waals surface area contributed by atoms with E-state index in [4.69, 9.17) is 0 Å². The van der Waals surface area contributed by atoms with Crippen LogP contribution in [0.15, 0.2) is 78.9 Å². The van der Waals surface area contributed by atoms with Gasteiger partial charge in [0.15, 0.2) is 0 Å². The van der Waals surface area contributed by atoms with Crippen molar-refractivity contribution in [2.45, 2.75) is 33.9 Å². The molecule has 0 fully saturated rings. The molecule has 166 valence electrons. The minimum atomic E-state index is -0.629. The van der Waals surface area contributed by atoms with Crippen molar-refractivity contribution in [3.63, 3.8) is 0 Å². The maximum atomic E-state index is 13.1. The number of rotatable bonds is 8. The third-order valence-corrected chi connectivity index (χ3v) is 5.50. The lowest BCUT2D eigenvalue weighted by Gasteiger charge is -2.24. The predicted molar refractivity (Wildman–Crippen MR) is 131 cm³/mol. The molecule has 3 aromatic carbocycles. The van der Waals surface area contributed by atoms with Crippen LogP contribution in [0.25, 0.3) is 0 Å². The molecule has 5 heteroatoms. The predicted octanol–water partition coefficient (Wildman–Crippen LogP) is 5.01. The molecular formula is C27H31N3O2. The second-order valence-electron chi connectivity index (χ2n) is 7.76. The Morgan fingerprint density at radius 2 is 1.31 bits per heavy atom. The number of nitrogens with zero attached hydrogens (tertiary/aromatic N) is 2. The van der Waals surface area contributed by atoms with Crippen LogP contribution in [-0.2, 0) is 22.7 Å². The second-order valence-corrected chi connectivity index (χ2v) is 7.76. The van der Waals surface area contributed by atoms with Gasteiger partial charge in [0.2, 0.25) is 0 Å². The Bertz CT molecular complexity index is 990. The molecule has 0 saturated carbocycles. The van der Waals surface area contributed by atoms with Gasteiger partial charge in [0, 0.05) is 37.6 Å². The maximum absolute atomic E-state index is 13.1. The zero-order valence-corrected chi connectivity index (χ0v) is 19.0. The van der Waals surface area contributed by atoms with E-state index >= 15 is 0 Å². The number of nitrogens with one attached hydrogen (secondary N) is 1. The van der Waals surface area contributed by atoms with Gasteiger partial charge >= 0.3 is 11.8 Å². The van der Waals surface area contributed by atoms with Gasteiger partial charge in [-0.3, -0.25) is 9.59 Å². The van der Waals surface area contributed by atoms with Gasteiger partial charge in [-0.15, -0.1) is 0 Å². The molecule has 0 unspecified atom stereocenters. The molecule has 0 atom stereocenters. The van der Waals surface area contributed by atoms with Crippen LogP contribution in [-0.4, -0.2) is 29.8 Å². The molecule has 32 heavy (non-hydrogen) atoms. The molecule has 0 aromatic heterocycles. The number of hydrogen-bond donors (Lipinski definition) is 1. The molecule has 0 heterocycles. The quantitative estimate of drug-likeness (QED) is 0.512. The molecule has 0 bridgehead atoms. The van der Waals surface area contributed by atoms with Crippen molar-refractivity contribution in [3.05, 3.63) is 95.6 Å². The Hall–Kier alpha value is -3.60. The highest BCUT2D eigenvalue weighted by Gasteiger charge is 2.23. The number of hydrogen-bond acceptors (Lipinski definition) is 3. The van der Waals surface area contributed by atoms with E-state index in [0.29, 0.717) is 18.8 Å². The average molecular weight is 430 g/mol. The van der Waals surface area contributed by atoms with E-state index in [0.717, 1.165) is 35.5 Å². The van der Waals surface area contributed by atoms with E-state index in [1.54, 1.807) is 4.90 Å². The van der Waals surface area contributed by atoms with Crippen molar-refractivity contribution in [1.82, 2.24) is 4.90 Å². The van der Waals surface area contributed by atoms with Gasteiger partial charge in [0.1, 0.15) is 0 Å². The lowest BCUT2D eigenvalue weighted by atomic mass is 10.1. The first-order valence-electron chi connectivity index (χ1n) is 11.1. The van der Waals surface area contributed by atoms with E-state index in [1.807, 2.05) is 85.8 Å². The van der Waals surface area contributed by atoms with Crippen LogP contribution in [0.5, 0.6) is 0 Å². The highest BCUT2D eigenvalue weighted by molar-refractivity contribution is 6.39. The molecule has 0 aliphatic heterocycles. The Morgan fingerprint density at radius 3 is 1.78 bits per heavy atom. The second kappa shape index (κ2) is 11.1. The zero-order valence-electron chi connectivity index (χ0n) is 19.0. The van der Waals surface area contributed by atoms with Crippen molar-refractivity contribution in [2.75, 3.05) is 23.3 Å². The largest absolute Gasteiger partial charge is 0.372 e. The van der Waals surface area contributed by atoms with E-state index in [2.05, 4.69) is 24.1 Å². The lowest BCUT2D eigenvalue weighted by Crippen LogP contribution is -2.39. The van der Waals surface area contributed by atoms with Crippen LogP contribution < -0.4 is 10.2 Å². The summed E-state index contributed by atoms with van der Waals surface area (Å²) < 4.78 is 0. The fraction of sp³-hybridized carbons (Fsp3) is 0.259. The van der Waals surface area contributed by atoms with Gasteiger partial charge < -0.3 is 15.1 Å². The first kappa shape index (κ1) is 23.1. The molecule has 3 rings (SSSR count). The monoisotopic (exact) mass is 429 g/mol. The first-order chi connectivity index (χ1) is 15.5. The minimum Gasteiger partial charge on any atom is -0.372 e. The third kappa shape index (κ3) is 5.97. The maximum Gasteiger partial charge on any atom is 0.313 e. The smallest absolute Gasteiger partial charge is 0.313 e. The fourth-order valence-electron chi connectivity index (χ4n) is 3.70. The van der Waals surface area contributed by atoms with Gasteiger partial charge in [-0.2, -0.15) is 0 Å². The van der Waals surface area contributed by atoms with Crippen LogP contribution in [0, 0.1) is 6.92 Å². The Kier molecular flexibility index (Phi) is 8.03. The molecular weight excluding hydrogens is 398 g/mol. The summed E-state index contributed by atoms with van der Waals surface area (Å²) in [5.41, 5.74) is 4.63. The summed E-state index contributed by atoms with van der Waals surface area (Å²) in [6.07, 6.45) is 0. The summed E-state index contributed by atoms with van der Waals surface area (Å²) in [6.45, 7) is 8.72. The Balaban J connectivity index is 1.77.